The molecule has 0 saturated carbocycles. The van der Waals surface area contributed by atoms with Crippen LogP contribution in [0.4, 0.5) is 0 Å². The number of aromatic nitrogens is 1. The summed E-state index contributed by atoms with van der Waals surface area (Å²) in [5.41, 5.74) is 0.960. The Morgan fingerprint density at radius 3 is 2.81 bits per heavy atom. The third kappa shape index (κ3) is 2.11. The van der Waals surface area contributed by atoms with Gasteiger partial charge >= 0.3 is 0 Å². The number of hydrogen-bond acceptors (Lipinski definition) is 4. The van der Waals surface area contributed by atoms with Crippen LogP contribution in [0.15, 0.2) is 12.3 Å². The molecule has 16 heavy (non-hydrogen) atoms. The number of methoxy groups -OCH3 is 2. The van der Waals surface area contributed by atoms with Crippen LogP contribution in [-0.2, 0) is 0 Å². The molecule has 0 amide bonds. The normalized spacial score (nSPS) is 20.5. The summed E-state index contributed by atoms with van der Waals surface area (Å²) in [5.74, 6) is 1.50. The number of ether oxygens (including phenoxy) is 2. The Balaban J connectivity index is 2.30. The van der Waals surface area contributed by atoms with Crippen LogP contribution in [0.5, 0.6) is 11.5 Å². The van der Waals surface area contributed by atoms with Crippen molar-refractivity contribution >= 4 is 0 Å². The van der Waals surface area contributed by atoms with Crippen molar-refractivity contribution < 1.29 is 9.47 Å². The molecule has 1 unspecified atom stereocenters. The Morgan fingerprint density at radius 1 is 1.31 bits per heavy atom. The summed E-state index contributed by atoms with van der Waals surface area (Å²) in [7, 11) is 3.31. The van der Waals surface area contributed by atoms with Crippen LogP contribution in [0.25, 0.3) is 0 Å². The second kappa shape index (κ2) is 5.16. The average molecular weight is 222 g/mol. The molecule has 2 heterocycles. The summed E-state index contributed by atoms with van der Waals surface area (Å²) in [4.78, 5) is 4.41. The Kier molecular flexibility index (Phi) is 3.62. The molecule has 1 aromatic rings. The zero-order valence-corrected chi connectivity index (χ0v) is 9.82. The summed E-state index contributed by atoms with van der Waals surface area (Å²) in [6.45, 7) is 1.05. The molecular formula is C12H18N2O2. The molecule has 1 fully saturated rings. The van der Waals surface area contributed by atoms with Gasteiger partial charge in [-0.2, -0.15) is 0 Å². The van der Waals surface area contributed by atoms with Gasteiger partial charge in [-0.3, -0.25) is 4.98 Å². The van der Waals surface area contributed by atoms with Crippen LogP contribution >= 0.6 is 0 Å². The highest BCUT2D eigenvalue weighted by atomic mass is 16.5. The molecule has 1 aromatic heterocycles. The molecule has 4 heteroatoms. The Hall–Kier alpha value is -1.29. The maximum absolute atomic E-state index is 5.39. The molecule has 0 bridgehead atoms. The zero-order valence-electron chi connectivity index (χ0n) is 9.82. The smallest absolute Gasteiger partial charge is 0.183 e. The fourth-order valence-corrected chi connectivity index (χ4v) is 2.15. The minimum absolute atomic E-state index is 0.291. The molecule has 4 nitrogen and oxygen atoms in total. The first-order valence-electron chi connectivity index (χ1n) is 5.67. The molecule has 1 aliphatic rings. The van der Waals surface area contributed by atoms with Gasteiger partial charge in [0, 0.05) is 12.3 Å². The third-order valence-electron chi connectivity index (χ3n) is 2.96. The molecule has 0 spiro atoms. The number of hydrogen-bond donors (Lipinski definition) is 1. The summed E-state index contributed by atoms with van der Waals surface area (Å²) in [5, 5.41) is 3.46. The Labute approximate surface area is 96.0 Å². The quantitative estimate of drug-likeness (QED) is 0.848. The number of pyridine rings is 1. The number of nitrogens with one attached hydrogen (secondary N) is 1. The van der Waals surface area contributed by atoms with Crippen LogP contribution in [0.1, 0.15) is 31.0 Å². The fourth-order valence-electron chi connectivity index (χ4n) is 2.15. The molecule has 1 saturated heterocycles. The SMILES string of the molecule is COc1ccnc(C2CCCCN2)c1OC. The van der Waals surface area contributed by atoms with Crippen molar-refractivity contribution in [3.8, 4) is 11.5 Å². The number of piperidine rings is 1. The second-order valence-electron chi connectivity index (χ2n) is 3.93. The van der Waals surface area contributed by atoms with Gasteiger partial charge in [-0.15, -0.1) is 0 Å². The van der Waals surface area contributed by atoms with Crippen molar-refractivity contribution in [1.29, 1.82) is 0 Å². The van der Waals surface area contributed by atoms with Gasteiger partial charge in [-0.05, 0) is 19.4 Å². The van der Waals surface area contributed by atoms with Gasteiger partial charge in [0.15, 0.2) is 11.5 Å². The van der Waals surface area contributed by atoms with Crippen LogP contribution in [0.2, 0.25) is 0 Å². The maximum atomic E-state index is 5.39. The van der Waals surface area contributed by atoms with Gasteiger partial charge in [-0.1, -0.05) is 6.42 Å². The first-order chi connectivity index (χ1) is 7.86. The van der Waals surface area contributed by atoms with E-state index in [9.17, 15) is 0 Å². The lowest BCUT2D eigenvalue weighted by Gasteiger charge is -2.24. The third-order valence-corrected chi connectivity index (χ3v) is 2.96. The van der Waals surface area contributed by atoms with E-state index in [4.69, 9.17) is 9.47 Å². The van der Waals surface area contributed by atoms with E-state index in [1.165, 1.54) is 12.8 Å². The number of nitrogens with zero attached hydrogens (tertiary/aromatic N) is 1. The van der Waals surface area contributed by atoms with E-state index in [1.54, 1.807) is 20.4 Å². The van der Waals surface area contributed by atoms with Crippen molar-refractivity contribution in [1.82, 2.24) is 10.3 Å². The van der Waals surface area contributed by atoms with E-state index < -0.39 is 0 Å². The second-order valence-corrected chi connectivity index (χ2v) is 3.93. The molecule has 1 atom stereocenters. The van der Waals surface area contributed by atoms with E-state index in [0.29, 0.717) is 6.04 Å². The van der Waals surface area contributed by atoms with Crippen molar-refractivity contribution in [3.05, 3.63) is 18.0 Å². The topological polar surface area (TPSA) is 43.4 Å². The van der Waals surface area contributed by atoms with E-state index in [1.807, 2.05) is 6.07 Å². The van der Waals surface area contributed by atoms with Gasteiger partial charge in [-0.25, -0.2) is 0 Å². The summed E-state index contributed by atoms with van der Waals surface area (Å²) in [6, 6.07) is 2.12. The van der Waals surface area contributed by atoms with Crippen LogP contribution in [-0.4, -0.2) is 25.7 Å². The highest BCUT2D eigenvalue weighted by Gasteiger charge is 2.22. The molecule has 0 aliphatic carbocycles. The maximum Gasteiger partial charge on any atom is 0.183 e. The van der Waals surface area contributed by atoms with Gasteiger partial charge in [0.1, 0.15) is 5.69 Å². The van der Waals surface area contributed by atoms with Gasteiger partial charge in [0.2, 0.25) is 0 Å². The summed E-state index contributed by atoms with van der Waals surface area (Å²) in [6.07, 6.45) is 5.35. The lowest BCUT2D eigenvalue weighted by molar-refractivity contribution is 0.333. The molecule has 0 aromatic carbocycles. The highest BCUT2D eigenvalue weighted by molar-refractivity contribution is 5.44. The van der Waals surface area contributed by atoms with Gasteiger partial charge in [0.05, 0.1) is 20.3 Å². The van der Waals surface area contributed by atoms with Crippen molar-refractivity contribution in [3.63, 3.8) is 0 Å². The number of rotatable bonds is 3. The Bertz CT molecular complexity index is 349. The largest absolute Gasteiger partial charge is 0.493 e. The van der Waals surface area contributed by atoms with Crippen molar-refractivity contribution in [2.45, 2.75) is 25.3 Å². The van der Waals surface area contributed by atoms with E-state index in [2.05, 4.69) is 10.3 Å². The van der Waals surface area contributed by atoms with Gasteiger partial charge < -0.3 is 14.8 Å². The predicted octanol–water partition coefficient (Wildman–Crippen LogP) is 1.91. The van der Waals surface area contributed by atoms with Crippen LogP contribution in [0, 0.1) is 0 Å². The summed E-state index contributed by atoms with van der Waals surface area (Å²) < 4.78 is 10.7. The average Bonchev–Trinajstić information content (AvgIpc) is 2.38. The molecule has 88 valence electrons. The predicted molar refractivity (Wildman–Crippen MR) is 61.9 cm³/mol. The van der Waals surface area contributed by atoms with Crippen molar-refractivity contribution in [2.75, 3.05) is 20.8 Å². The van der Waals surface area contributed by atoms with Gasteiger partial charge in [0.25, 0.3) is 0 Å². The molecule has 1 N–H and O–H groups in total. The zero-order chi connectivity index (χ0) is 11.4. The monoisotopic (exact) mass is 222 g/mol. The minimum Gasteiger partial charge on any atom is -0.493 e. The van der Waals surface area contributed by atoms with E-state index in [-0.39, 0.29) is 0 Å². The molecule has 0 radical (unpaired) electrons. The lowest BCUT2D eigenvalue weighted by Crippen LogP contribution is -2.27. The molecule has 1 aliphatic heterocycles. The molecule has 2 rings (SSSR count). The van der Waals surface area contributed by atoms with E-state index >= 15 is 0 Å². The highest BCUT2D eigenvalue weighted by Crippen LogP contribution is 2.35. The molecular weight excluding hydrogens is 204 g/mol. The fraction of sp³-hybridized carbons (Fsp3) is 0.583. The summed E-state index contributed by atoms with van der Waals surface area (Å²) >= 11 is 0. The standard InChI is InChI=1S/C12H18N2O2/c1-15-10-6-8-14-11(12(10)16-2)9-5-3-4-7-13-9/h6,8-9,13H,3-5,7H2,1-2H3. The first-order valence-corrected chi connectivity index (χ1v) is 5.67. The lowest BCUT2D eigenvalue weighted by atomic mass is 10.0. The van der Waals surface area contributed by atoms with Crippen LogP contribution < -0.4 is 14.8 Å². The van der Waals surface area contributed by atoms with Crippen molar-refractivity contribution in [2.24, 2.45) is 0 Å². The van der Waals surface area contributed by atoms with Crippen LogP contribution in [0.3, 0.4) is 0 Å². The minimum atomic E-state index is 0.291. The first kappa shape index (κ1) is 11.2. The van der Waals surface area contributed by atoms with E-state index in [0.717, 1.165) is 30.2 Å². The Morgan fingerprint density at radius 2 is 2.19 bits per heavy atom.